The number of para-hydroxylation sites is 1. The summed E-state index contributed by atoms with van der Waals surface area (Å²) in [5.74, 6) is 0. The van der Waals surface area contributed by atoms with Gasteiger partial charge >= 0.3 is 154 Å². The molecule has 2 aromatic carbocycles. The second kappa shape index (κ2) is 7.73. The number of allylic oxidation sites excluding steroid dienone is 5. The van der Waals surface area contributed by atoms with E-state index >= 15 is 0 Å². The van der Waals surface area contributed by atoms with Gasteiger partial charge in [0.05, 0.1) is 0 Å². The van der Waals surface area contributed by atoms with Crippen LogP contribution in [0.25, 0.3) is 17.0 Å². The summed E-state index contributed by atoms with van der Waals surface area (Å²) in [4.78, 5) is 0. The number of rotatable bonds is 3. The van der Waals surface area contributed by atoms with Crippen LogP contribution >= 0.6 is 24.8 Å². The van der Waals surface area contributed by atoms with E-state index in [1.165, 1.54) is 22.0 Å². The normalized spacial score (nSPS) is 19.6. The molecular formula is C22H19Cl2NZr. The zero-order chi connectivity index (χ0) is 16.0. The molecule has 26 heavy (non-hydrogen) atoms. The van der Waals surface area contributed by atoms with Crippen LogP contribution in [-0.4, -0.2) is 4.57 Å². The van der Waals surface area contributed by atoms with E-state index in [0.29, 0.717) is 0 Å². The molecule has 1 nitrogen and oxygen atoms in total. The van der Waals surface area contributed by atoms with Crippen LogP contribution in [0.2, 0.25) is 0 Å². The Morgan fingerprint density at radius 2 is 1.73 bits per heavy atom. The molecule has 0 N–H and O–H groups in total. The van der Waals surface area contributed by atoms with Gasteiger partial charge in [-0.15, -0.1) is 24.8 Å². The van der Waals surface area contributed by atoms with Gasteiger partial charge in [-0.1, -0.05) is 0 Å². The van der Waals surface area contributed by atoms with Crippen LogP contribution < -0.4 is 0 Å². The van der Waals surface area contributed by atoms with Gasteiger partial charge in [0, 0.05) is 0 Å². The van der Waals surface area contributed by atoms with Gasteiger partial charge in [0.25, 0.3) is 0 Å². The topological polar surface area (TPSA) is 4.93 Å². The molecule has 0 amide bonds. The first-order valence-electron chi connectivity index (χ1n) is 8.36. The molecule has 0 spiro atoms. The molecule has 2 aliphatic carbocycles. The minimum Gasteiger partial charge on any atom is -0.147 e. The van der Waals surface area contributed by atoms with Gasteiger partial charge < -0.3 is 0 Å². The fourth-order valence-electron chi connectivity index (χ4n) is 3.84. The van der Waals surface area contributed by atoms with Crippen molar-refractivity contribution in [2.24, 2.45) is 0 Å². The molecule has 0 radical (unpaired) electrons. The predicted octanol–water partition coefficient (Wildman–Crippen LogP) is 6.14. The zero-order valence-electron chi connectivity index (χ0n) is 14.1. The van der Waals surface area contributed by atoms with E-state index in [1.807, 2.05) is 0 Å². The fraction of sp³-hybridized carbons (Fsp3) is 0.0909. The van der Waals surface area contributed by atoms with Gasteiger partial charge in [-0.25, -0.2) is 0 Å². The monoisotopic (exact) mass is 457 g/mol. The Labute approximate surface area is 177 Å². The van der Waals surface area contributed by atoms with Crippen LogP contribution in [-0.2, 0) is 26.5 Å². The van der Waals surface area contributed by atoms with E-state index < -0.39 is 23.2 Å². The van der Waals surface area contributed by atoms with E-state index in [9.17, 15) is 0 Å². The van der Waals surface area contributed by atoms with Crippen molar-refractivity contribution in [2.75, 3.05) is 0 Å². The maximum Gasteiger partial charge on any atom is -0.147 e. The van der Waals surface area contributed by atoms with Crippen LogP contribution in [0, 0.1) is 0 Å². The smallest absolute Gasteiger partial charge is 0.147 e. The number of aromatic nitrogens is 1. The van der Waals surface area contributed by atoms with Crippen LogP contribution in [0.3, 0.4) is 0 Å². The molecule has 1 unspecified atom stereocenters. The van der Waals surface area contributed by atoms with Gasteiger partial charge in [0.2, 0.25) is 0 Å². The molecule has 0 aliphatic heterocycles. The summed E-state index contributed by atoms with van der Waals surface area (Å²) in [6.45, 7) is 0. The maximum atomic E-state index is 2.54. The molecule has 1 heterocycles. The summed E-state index contributed by atoms with van der Waals surface area (Å²) in [5, 5.41) is 1.33. The Morgan fingerprint density at radius 3 is 2.58 bits per heavy atom. The number of hydrogen-bond donors (Lipinski definition) is 0. The van der Waals surface area contributed by atoms with E-state index in [-0.39, 0.29) is 28.1 Å². The van der Waals surface area contributed by atoms with E-state index in [2.05, 4.69) is 95.7 Å². The van der Waals surface area contributed by atoms with Crippen molar-refractivity contribution in [1.82, 2.24) is 4.57 Å². The molecule has 1 aromatic heterocycles. The van der Waals surface area contributed by atoms with Gasteiger partial charge in [-0.3, -0.25) is 0 Å². The summed E-state index contributed by atoms with van der Waals surface area (Å²) < 4.78 is 4.24. The summed E-state index contributed by atoms with van der Waals surface area (Å²) in [7, 11) is 0. The van der Waals surface area contributed by atoms with Crippen LogP contribution in [0.1, 0.15) is 17.5 Å². The average Bonchev–Trinajstić information content (AvgIpc) is 3.35. The van der Waals surface area contributed by atoms with Gasteiger partial charge in [0.15, 0.2) is 0 Å². The first-order chi connectivity index (χ1) is 11.9. The van der Waals surface area contributed by atoms with Crippen molar-refractivity contribution < 1.29 is 23.2 Å². The van der Waals surface area contributed by atoms with Crippen molar-refractivity contribution >= 4 is 41.8 Å². The minimum absolute atomic E-state index is 0. The first-order valence-corrected chi connectivity index (χ1v) is 10.8. The van der Waals surface area contributed by atoms with Gasteiger partial charge in [-0.2, -0.15) is 0 Å². The van der Waals surface area contributed by atoms with Crippen LogP contribution in [0.15, 0.2) is 88.4 Å². The third-order valence-electron chi connectivity index (χ3n) is 4.98. The van der Waals surface area contributed by atoms with E-state index in [4.69, 9.17) is 0 Å². The molecule has 0 fully saturated rings. The molecule has 2 aliphatic rings. The number of halogens is 2. The summed E-state index contributed by atoms with van der Waals surface area (Å²) >= 11 is -0.882. The Balaban J connectivity index is 0.000000980. The largest absolute Gasteiger partial charge is 0.147 e. The number of hydrogen-bond acceptors (Lipinski definition) is 0. The van der Waals surface area contributed by atoms with Gasteiger partial charge in [-0.05, 0) is 0 Å². The van der Waals surface area contributed by atoms with Crippen molar-refractivity contribution in [2.45, 2.75) is 9.67 Å². The Morgan fingerprint density at radius 1 is 0.923 bits per heavy atom. The minimum atomic E-state index is -0.882. The van der Waals surface area contributed by atoms with Crippen LogP contribution in [0.5, 0.6) is 0 Å². The molecule has 1 atom stereocenters. The Hall–Kier alpha value is -1.34. The third kappa shape index (κ3) is 2.99. The molecule has 3 aromatic rings. The van der Waals surface area contributed by atoms with Crippen molar-refractivity contribution in [3.63, 3.8) is 0 Å². The standard InChI is InChI=1S/C17H12N.C5H5.2ClH.Zr/c1-3-7-15-13(5-1)9-10-17(15)18-12-11-14-6-2-4-8-16(14)18;1-2-4-5-3-1;;;/h1-12H;1-3H,4H2;2*1H;. The third-order valence-corrected chi connectivity index (χ3v) is 9.28. The SMILES string of the molecule is C1=CC[C]([Zr][C]2(n3ccc4ccccc43)C=Cc3ccccc32)=C1.Cl.Cl. The molecule has 0 saturated carbocycles. The maximum absolute atomic E-state index is 2.54. The number of nitrogens with zero attached hydrogens (tertiary/aromatic N) is 1. The summed E-state index contributed by atoms with van der Waals surface area (Å²) in [5.41, 5.74) is 4.19. The Bertz CT molecular complexity index is 1030. The summed E-state index contributed by atoms with van der Waals surface area (Å²) in [6.07, 6.45) is 15.1. The van der Waals surface area contributed by atoms with Crippen molar-refractivity contribution in [3.05, 3.63) is 99.5 Å². The molecule has 0 saturated heterocycles. The quantitative estimate of drug-likeness (QED) is 0.444. The molecule has 5 rings (SSSR count). The number of fused-ring (bicyclic) bond motifs is 2. The second-order valence-corrected chi connectivity index (χ2v) is 10.4. The average molecular weight is 460 g/mol. The Kier molecular flexibility index (Phi) is 5.77. The van der Waals surface area contributed by atoms with Crippen LogP contribution in [0.4, 0.5) is 0 Å². The van der Waals surface area contributed by atoms with Gasteiger partial charge in [0.1, 0.15) is 0 Å². The number of benzene rings is 2. The van der Waals surface area contributed by atoms with E-state index in [1.54, 1.807) is 3.28 Å². The molecular weight excluding hydrogens is 440 g/mol. The van der Waals surface area contributed by atoms with Crippen molar-refractivity contribution in [1.29, 1.82) is 0 Å². The fourth-order valence-corrected chi connectivity index (χ4v) is 8.11. The second-order valence-electron chi connectivity index (χ2n) is 6.38. The predicted molar refractivity (Wildman–Crippen MR) is 111 cm³/mol. The molecule has 0 bridgehead atoms. The first kappa shape index (κ1) is 19.4. The van der Waals surface area contributed by atoms with E-state index in [0.717, 1.165) is 6.42 Å². The zero-order valence-corrected chi connectivity index (χ0v) is 18.2. The summed E-state index contributed by atoms with van der Waals surface area (Å²) in [6, 6.07) is 19.9. The molecule has 130 valence electrons. The molecule has 4 heteroatoms. The van der Waals surface area contributed by atoms with Crippen molar-refractivity contribution in [3.8, 4) is 0 Å².